The number of hydrogen-bond acceptors (Lipinski definition) is 4. The summed E-state index contributed by atoms with van der Waals surface area (Å²) in [5.41, 5.74) is -1.01. The Hall–Kier alpha value is -2.08. The zero-order valence-electron chi connectivity index (χ0n) is 16.9. The van der Waals surface area contributed by atoms with Crippen LogP contribution in [0.4, 0.5) is 0 Å². The molecule has 2 N–H and O–H groups in total. The molecule has 0 aliphatic heterocycles. The largest absolute Gasteiger partial charge is 0.483 e. The molecule has 0 heterocycles. The van der Waals surface area contributed by atoms with Gasteiger partial charge in [0.05, 0.1) is 6.10 Å². The van der Waals surface area contributed by atoms with Gasteiger partial charge in [0.2, 0.25) is 0 Å². The molecule has 1 aliphatic rings. The Morgan fingerprint density at radius 1 is 1.30 bits per heavy atom. The highest BCUT2D eigenvalue weighted by Crippen LogP contribution is 2.51. The summed E-state index contributed by atoms with van der Waals surface area (Å²) < 4.78 is 11.3. The second-order valence-corrected chi connectivity index (χ2v) is 7.76. The first-order valence-electron chi connectivity index (χ1n) is 9.57. The van der Waals surface area contributed by atoms with Gasteiger partial charge in [-0.25, -0.2) is 4.79 Å². The first kappa shape index (κ1) is 21.2. The minimum atomic E-state index is -1.34. The Morgan fingerprint density at radius 2 is 1.96 bits per heavy atom. The van der Waals surface area contributed by atoms with Gasteiger partial charge in [0.1, 0.15) is 11.3 Å². The molecule has 1 aromatic rings. The molecule has 6 nitrogen and oxygen atoms in total. The van der Waals surface area contributed by atoms with E-state index in [4.69, 9.17) is 9.47 Å². The predicted octanol–water partition coefficient (Wildman–Crippen LogP) is 3.35. The van der Waals surface area contributed by atoms with E-state index in [9.17, 15) is 14.7 Å². The monoisotopic (exact) mass is 377 g/mol. The predicted molar refractivity (Wildman–Crippen MR) is 103 cm³/mol. The number of hydrogen-bond donors (Lipinski definition) is 2. The van der Waals surface area contributed by atoms with Crippen LogP contribution in [0.2, 0.25) is 0 Å². The van der Waals surface area contributed by atoms with E-state index in [0.717, 1.165) is 12.0 Å². The van der Waals surface area contributed by atoms with Crippen molar-refractivity contribution in [2.45, 2.75) is 65.0 Å². The molecule has 0 radical (unpaired) electrons. The first-order valence-corrected chi connectivity index (χ1v) is 9.57. The van der Waals surface area contributed by atoms with Crippen LogP contribution in [-0.2, 0) is 14.3 Å². The molecule has 1 aliphatic carbocycles. The van der Waals surface area contributed by atoms with E-state index in [0.29, 0.717) is 18.3 Å². The molecule has 0 bridgehead atoms. The van der Waals surface area contributed by atoms with Gasteiger partial charge in [-0.3, -0.25) is 4.79 Å². The molecular weight excluding hydrogens is 346 g/mol. The van der Waals surface area contributed by atoms with Gasteiger partial charge in [-0.1, -0.05) is 45.9 Å². The summed E-state index contributed by atoms with van der Waals surface area (Å²) in [6.45, 7) is 9.97. The van der Waals surface area contributed by atoms with E-state index in [-0.39, 0.29) is 19.1 Å². The van der Waals surface area contributed by atoms with Gasteiger partial charge in [0.25, 0.3) is 5.91 Å². The van der Waals surface area contributed by atoms with Crippen LogP contribution in [0.15, 0.2) is 24.3 Å². The van der Waals surface area contributed by atoms with Crippen LogP contribution >= 0.6 is 0 Å². The van der Waals surface area contributed by atoms with Crippen LogP contribution in [0, 0.1) is 5.41 Å². The fraction of sp³-hybridized carbons (Fsp3) is 0.619. The van der Waals surface area contributed by atoms with Crippen molar-refractivity contribution in [2.75, 3.05) is 13.2 Å². The average molecular weight is 377 g/mol. The highest BCUT2D eigenvalue weighted by molar-refractivity contribution is 5.90. The van der Waals surface area contributed by atoms with Crippen LogP contribution in [0.1, 0.15) is 58.9 Å². The smallest absolute Gasteiger partial charge is 0.330 e. The molecule has 27 heavy (non-hydrogen) atoms. The van der Waals surface area contributed by atoms with Crippen molar-refractivity contribution in [3.05, 3.63) is 29.8 Å². The molecule has 1 amide bonds. The zero-order valence-corrected chi connectivity index (χ0v) is 16.9. The van der Waals surface area contributed by atoms with E-state index in [2.05, 4.69) is 19.2 Å². The van der Waals surface area contributed by atoms with Crippen molar-refractivity contribution in [1.29, 1.82) is 0 Å². The Morgan fingerprint density at radius 3 is 2.52 bits per heavy atom. The minimum Gasteiger partial charge on any atom is -0.483 e. The van der Waals surface area contributed by atoms with E-state index in [1.165, 1.54) is 0 Å². The highest BCUT2D eigenvalue weighted by Gasteiger charge is 2.66. The van der Waals surface area contributed by atoms with Crippen molar-refractivity contribution >= 4 is 11.9 Å². The third-order valence-corrected chi connectivity index (χ3v) is 5.90. The normalized spacial score (nSPS) is 24.6. The van der Waals surface area contributed by atoms with Gasteiger partial charge in [0.15, 0.2) is 6.61 Å². The lowest BCUT2D eigenvalue weighted by Gasteiger charge is -2.58. The second kappa shape index (κ2) is 8.30. The number of carboxylic acid groups (broad SMARTS) is 1. The van der Waals surface area contributed by atoms with Crippen molar-refractivity contribution in [1.82, 2.24) is 5.32 Å². The quantitative estimate of drug-likeness (QED) is 0.689. The second-order valence-electron chi connectivity index (χ2n) is 7.76. The summed E-state index contributed by atoms with van der Waals surface area (Å²) in [7, 11) is 0. The maximum atomic E-state index is 12.5. The molecule has 1 saturated carbocycles. The molecule has 150 valence electrons. The number of para-hydroxylation sites is 1. The van der Waals surface area contributed by atoms with Gasteiger partial charge in [-0.05, 0) is 30.9 Å². The first-order chi connectivity index (χ1) is 12.7. The summed E-state index contributed by atoms with van der Waals surface area (Å²) in [5.74, 6) is -0.519. The molecule has 0 aromatic heterocycles. The van der Waals surface area contributed by atoms with Crippen LogP contribution < -0.4 is 10.1 Å². The Balaban J connectivity index is 2.06. The fourth-order valence-corrected chi connectivity index (χ4v) is 3.69. The van der Waals surface area contributed by atoms with E-state index in [1.54, 1.807) is 0 Å². The van der Waals surface area contributed by atoms with Gasteiger partial charge in [-0.15, -0.1) is 0 Å². The lowest BCUT2D eigenvalue weighted by atomic mass is 9.54. The average Bonchev–Trinajstić information content (AvgIpc) is 2.64. The number of carboxylic acids is 1. The minimum absolute atomic E-state index is 0.203. The number of ether oxygens (including phenoxy) is 2. The summed E-state index contributed by atoms with van der Waals surface area (Å²) in [5, 5.41) is 12.5. The molecule has 3 unspecified atom stereocenters. The maximum Gasteiger partial charge on any atom is 0.330 e. The van der Waals surface area contributed by atoms with Crippen molar-refractivity contribution in [3.8, 4) is 5.75 Å². The topological polar surface area (TPSA) is 84.9 Å². The van der Waals surface area contributed by atoms with Crippen LogP contribution in [-0.4, -0.2) is 41.8 Å². The summed E-state index contributed by atoms with van der Waals surface area (Å²) in [6.07, 6.45) is 1.01. The van der Waals surface area contributed by atoms with Gasteiger partial charge >= 0.3 is 5.97 Å². The summed E-state index contributed by atoms with van der Waals surface area (Å²) in [6, 6.07) is 7.63. The number of rotatable bonds is 9. The van der Waals surface area contributed by atoms with Crippen molar-refractivity contribution < 1.29 is 24.2 Å². The Kier molecular flexibility index (Phi) is 6.52. The van der Waals surface area contributed by atoms with Gasteiger partial charge in [0, 0.05) is 18.4 Å². The van der Waals surface area contributed by atoms with Crippen molar-refractivity contribution in [3.63, 3.8) is 0 Å². The standard InChI is InChI=1S/C21H31NO5/c1-6-14(3)15-10-8-9-11-16(15)27-13-18(23)22-21(19(24)25)12-17(26-7-2)20(21,4)5/h8-11,14,17H,6-7,12-13H2,1-5H3,(H,22,23)(H,24,25). The van der Waals surface area contributed by atoms with E-state index >= 15 is 0 Å². The molecule has 2 rings (SSSR count). The molecule has 0 spiro atoms. The molecule has 0 saturated heterocycles. The van der Waals surface area contributed by atoms with Crippen molar-refractivity contribution in [2.24, 2.45) is 5.41 Å². The highest BCUT2D eigenvalue weighted by atomic mass is 16.5. The summed E-state index contributed by atoms with van der Waals surface area (Å²) in [4.78, 5) is 24.4. The molecule has 1 aromatic carbocycles. The third-order valence-electron chi connectivity index (χ3n) is 5.90. The zero-order chi connectivity index (χ0) is 20.2. The van der Waals surface area contributed by atoms with E-state index < -0.39 is 22.8 Å². The van der Waals surface area contributed by atoms with E-state index in [1.807, 2.05) is 45.0 Å². The van der Waals surface area contributed by atoms with Crippen LogP contribution in [0.3, 0.4) is 0 Å². The third kappa shape index (κ3) is 3.95. The number of carbonyl (C=O) groups excluding carboxylic acids is 1. The number of carbonyl (C=O) groups is 2. The van der Waals surface area contributed by atoms with Gasteiger partial charge in [-0.2, -0.15) is 0 Å². The SMILES string of the molecule is CCOC1CC(NC(=O)COc2ccccc2C(C)CC)(C(=O)O)C1(C)C. The number of benzene rings is 1. The molecular formula is C21H31NO5. The number of aliphatic carboxylic acids is 1. The maximum absolute atomic E-state index is 12.5. The number of nitrogens with one attached hydrogen (secondary N) is 1. The summed E-state index contributed by atoms with van der Waals surface area (Å²) >= 11 is 0. The lowest BCUT2D eigenvalue weighted by molar-refractivity contribution is -0.194. The fourth-order valence-electron chi connectivity index (χ4n) is 3.69. The lowest BCUT2D eigenvalue weighted by Crippen LogP contribution is -2.76. The molecule has 6 heteroatoms. The number of amides is 1. The molecule has 1 fully saturated rings. The Bertz CT molecular complexity index is 687. The van der Waals surface area contributed by atoms with Gasteiger partial charge < -0.3 is 19.9 Å². The molecule has 3 atom stereocenters. The Labute approximate surface area is 161 Å². The van der Waals surface area contributed by atoms with Crippen LogP contribution in [0.25, 0.3) is 0 Å². The van der Waals surface area contributed by atoms with Crippen LogP contribution in [0.5, 0.6) is 5.75 Å².